The minimum atomic E-state index is 0.206. The van der Waals surface area contributed by atoms with Crippen molar-refractivity contribution in [2.75, 3.05) is 18.8 Å². The van der Waals surface area contributed by atoms with Gasteiger partial charge < -0.3 is 15.8 Å². The van der Waals surface area contributed by atoms with Crippen LogP contribution in [0.1, 0.15) is 17.9 Å². The van der Waals surface area contributed by atoms with Gasteiger partial charge in [0.05, 0.1) is 0 Å². The predicted octanol–water partition coefficient (Wildman–Crippen LogP) is 2.79. The smallest absolute Gasteiger partial charge is 0.119 e. The van der Waals surface area contributed by atoms with Crippen LogP contribution in [0, 0.1) is 0 Å². The summed E-state index contributed by atoms with van der Waals surface area (Å²) in [7, 11) is 0. The molecule has 1 fully saturated rings. The Labute approximate surface area is 119 Å². The van der Waals surface area contributed by atoms with Gasteiger partial charge >= 0.3 is 0 Å². The molecular formula is C17H20N2O. The molecule has 2 atom stereocenters. The lowest BCUT2D eigenvalue weighted by Crippen LogP contribution is -2.41. The molecule has 1 aliphatic heterocycles. The minimum absolute atomic E-state index is 0.206. The molecule has 1 aliphatic rings. The number of piperidine rings is 1. The van der Waals surface area contributed by atoms with Crippen LogP contribution in [0.25, 0.3) is 0 Å². The number of ether oxygens (including phenoxy) is 1. The third kappa shape index (κ3) is 3.11. The number of nitrogens with two attached hydrogens (primary N) is 1. The average Bonchev–Trinajstić information content (AvgIpc) is 2.51. The molecule has 0 unspecified atom stereocenters. The zero-order valence-corrected chi connectivity index (χ0v) is 11.5. The molecule has 104 valence electrons. The van der Waals surface area contributed by atoms with Gasteiger partial charge in [-0.2, -0.15) is 0 Å². The van der Waals surface area contributed by atoms with Crippen LogP contribution in [0.3, 0.4) is 0 Å². The van der Waals surface area contributed by atoms with Gasteiger partial charge in [-0.05, 0) is 42.2 Å². The zero-order valence-electron chi connectivity index (χ0n) is 11.5. The molecule has 0 aromatic heterocycles. The molecule has 0 amide bonds. The van der Waals surface area contributed by atoms with Crippen molar-refractivity contribution in [3.8, 4) is 5.75 Å². The molecule has 2 aromatic rings. The third-order valence-corrected chi connectivity index (χ3v) is 3.76. The van der Waals surface area contributed by atoms with Crippen molar-refractivity contribution < 1.29 is 4.74 Å². The fourth-order valence-electron chi connectivity index (χ4n) is 2.71. The Morgan fingerprint density at radius 1 is 0.950 bits per heavy atom. The monoisotopic (exact) mass is 268 g/mol. The van der Waals surface area contributed by atoms with Crippen LogP contribution >= 0.6 is 0 Å². The molecular weight excluding hydrogens is 248 g/mol. The van der Waals surface area contributed by atoms with Gasteiger partial charge in [-0.15, -0.1) is 0 Å². The molecule has 3 rings (SSSR count). The molecule has 0 bridgehead atoms. The van der Waals surface area contributed by atoms with E-state index in [4.69, 9.17) is 10.5 Å². The average molecular weight is 268 g/mol. The Morgan fingerprint density at radius 2 is 1.70 bits per heavy atom. The standard InChI is InChI=1S/C17H20N2O/c18-15-6-8-16(9-7-15)20-17-10-14(11-19-12-17)13-4-2-1-3-5-13/h1-9,14,17,19H,10-12,18H2/t14-,17+/m1/s1. The van der Waals surface area contributed by atoms with Gasteiger partial charge in [-0.3, -0.25) is 0 Å². The number of anilines is 1. The molecule has 1 heterocycles. The Bertz CT molecular complexity index is 539. The van der Waals surface area contributed by atoms with Crippen LogP contribution in [0.15, 0.2) is 54.6 Å². The summed E-state index contributed by atoms with van der Waals surface area (Å²) in [5.74, 6) is 1.41. The van der Waals surface area contributed by atoms with Gasteiger partial charge in [0.2, 0.25) is 0 Å². The fraction of sp³-hybridized carbons (Fsp3) is 0.294. The number of benzene rings is 2. The van der Waals surface area contributed by atoms with Crippen molar-refractivity contribution in [2.45, 2.75) is 18.4 Å². The van der Waals surface area contributed by atoms with Gasteiger partial charge in [0, 0.05) is 18.8 Å². The van der Waals surface area contributed by atoms with E-state index in [1.54, 1.807) is 0 Å². The highest BCUT2D eigenvalue weighted by atomic mass is 16.5. The van der Waals surface area contributed by atoms with Crippen molar-refractivity contribution in [2.24, 2.45) is 0 Å². The number of hydrogen-bond acceptors (Lipinski definition) is 3. The first-order valence-electron chi connectivity index (χ1n) is 7.09. The van der Waals surface area contributed by atoms with Crippen LogP contribution in [-0.2, 0) is 0 Å². The molecule has 20 heavy (non-hydrogen) atoms. The van der Waals surface area contributed by atoms with Crippen LogP contribution in [0.2, 0.25) is 0 Å². The maximum Gasteiger partial charge on any atom is 0.119 e. The first kappa shape index (κ1) is 13.0. The van der Waals surface area contributed by atoms with E-state index in [0.717, 1.165) is 30.9 Å². The lowest BCUT2D eigenvalue weighted by atomic mass is 9.90. The highest BCUT2D eigenvalue weighted by molar-refractivity contribution is 5.41. The first-order valence-corrected chi connectivity index (χ1v) is 7.09. The molecule has 3 heteroatoms. The van der Waals surface area contributed by atoms with Gasteiger partial charge in [0.25, 0.3) is 0 Å². The van der Waals surface area contributed by atoms with E-state index in [2.05, 4.69) is 35.6 Å². The lowest BCUT2D eigenvalue weighted by molar-refractivity contribution is 0.156. The molecule has 1 saturated heterocycles. The summed E-state index contributed by atoms with van der Waals surface area (Å²) in [6.45, 7) is 1.92. The maximum absolute atomic E-state index is 6.04. The number of rotatable bonds is 3. The Morgan fingerprint density at radius 3 is 2.45 bits per heavy atom. The highest BCUT2D eigenvalue weighted by Gasteiger charge is 2.24. The lowest BCUT2D eigenvalue weighted by Gasteiger charge is -2.30. The van der Waals surface area contributed by atoms with Crippen molar-refractivity contribution >= 4 is 5.69 Å². The summed E-state index contributed by atoms with van der Waals surface area (Å²) >= 11 is 0. The van der Waals surface area contributed by atoms with Crippen LogP contribution in [0.4, 0.5) is 5.69 Å². The highest BCUT2D eigenvalue weighted by Crippen LogP contribution is 2.26. The summed E-state index contributed by atoms with van der Waals surface area (Å²) in [5, 5.41) is 3.47. The summed E-state index contributed by atoms with van der Waals surface area (Å²) in [4.78, 5) is 0. The van der Waals surface area contributed by atoms with E-state index >= 15 is 0 Å². The second-order valence-electron chi connectivity index (χ2n) is 5.31. The Hall–Kier alpha value is -2.00. The third-order valence-electron chi connectivity index (χ3n) is 3.76. The SMILES string of the molecule is Nc1ccc(O[C@@H]2CNC[C@H](c3ccccc3)C2)cc1. The van der Waals surface area contributed by atoms with Crippen LogP contribution < -0.4 is 15.8 Å². The van der Waals surface area contributed by atoms with Crippen LogP contribution in [-0.4, -0.2) is 19.2 Å². The molecule has 0 aliphatic carbocycles. The fourth-order valence-corrected chi connectivity index (χ4v) is 2.71. The van der Waals surface area contributed by atoms with Crippen molar-refractivity contribution in [3.05, 3.63) is 60.2 Å². The van der Waals surface area contributed by atoms with Crippen LogP contribution in [0.5, 0.6) is 5.75 Å². The zero-order chi connectivity index (χ0) is 13.8. The van der Waals surface area contributed by atoms with Gasteiger partial charge in [-0.1, -0.05) is 30.3 Å². The Balaban J connectivity index is 1.65. The molecule has 3 nitrogen and oxygen atoms in total. The van der Waals surface area contributed by atoms with Gasteiger partial charge in [-0.25, -0.2) is 0 Å². The molecule has 0 radical (unpaired) electrons. The summed E-state index contributed by atoms with van der Waals surface area (Å²) in [6.07, 6.45) is 1.25. The van der Waals surface area contributed by atoms with E-state index in [0.29, 0.717) is 5.92 Å². The van der Waals surface area contributed by atoms with E-state index < -0.39 is 0 Å². The molecule has 3 N–H and O–H groups in total. The summed E-state index contributed by atoms with van der Waals surface area (Å²) < 4.78 is 6.04. The number of nitrogens with one attached hydrogen (secondary N) is 1. The number of nitrogen functional groups attached to an aromatic ring is 1. The molecule has 0 saturated carbocycles. The van der Waals surface area contributed by atoms with Gasteiger partial charge in [0.1, 0.15) is 11.9 Å². The predicted molar refractivity (Wildman–Crippen MR) is 81.9 cm³/mol. The van der Waals surface area contributed by atoms with E-state index in [1.165, 1.54) is 5.56 Å². The van der Waals surface area contributed by atoms with Crippen molar-refractivity contribution in [3.63, 3.8) is 0 Å². The summed E-state index contributed by atoms with van der Waals surface area (Å²) in [5.41, 5.74) is 7.84. The quantitative estimate of drug-likeness (QED) is 0.842. The van der Waals surface area contributed by atoms with Gasteiger partial charge in [0.15, 0.2) is 0 Å². The normalized spacial score (nSPS) is 22.4. The minimum Gasteiger partial charge on any atom is -0.489 e. The Kier molecular flexibility index (Phi) is 3.88. The van der Waals surface area contributed by atoms with E-state index in [1.807, 2.05) is 24.3 Å². The molecule has 0 spiro atoms. The summed E-state index contributed by atoms with van der Waals surface area (Å²) in [6, 6.07) is 18.3. The van der Waals surface area contributed by atoms with E-state index in [-0.39, 0.29) is 6.10 Å². The topological polar surface area (TPSA) is 47.3 Å². The van der Waals surface area contributed by atoms with E-state index in [9.17, 15) is 0 Å². The largest absolute Gasteiger partial charge is 0.489 e. The van der Waals surface area contributed by atoms with Crippen molar-refractivity contribution in [1.29, 1.82) is 0 Å². The second-order valence-corrected chi connectivity index (χ2v) is 5.31. The molecule has 2 aromatic carbocycles. The maximum atomic E-state index is 6.04. The van der Waals surface area contributed by atoms with Crippen molar-refractivity contribution in [1.82, 2.24) is 5.32 Å². The first-order chi connectivity index (χ1) is 9.81. The second kappa shape index (κ2) is 5.97. The number of hydrogen-bond donors (Lipinski definition) is 2.